The Morgan fingerprint density at radius 3 is 2.37 bits per heavy atom. The molecule has 1 amide bonds. The third-order valence-corrected chi connectivity index (χ3v) is 4.03. The molecule has 2 N–H and O–H groups in total. The molecule has 0 bridgehead atoms. The smallest absolute Gasteiger partial charge is 0.275 e. The average Bonchev–Trinajstić information content (AvgIpc) is 2.69. The number of anilines is 3. The van der Waals surface area contributed by atoms with Gasteiger partial charge in [0.1, 0.15) is 17.6 Å². The van der Waals surface area contributed by atoms with E-state index in [1.807, 2.05) is 30.3 Å². The molecular formula is C21H19N5O. The summed E-state index contributed by atoms with van der Waals surface area (Å²) in [4.78, 5) is 20.9. The molecule has 6 heteroatoms. The minimum absolute atomic E-state index is 0.215. The fraction of sp³-hybridized carbons (Fsp3) is 0.143. The van der Waals surface area contributed by atoms with Crippen LogP contribution >= 0.6 is 0 Å². The van der Waals surface area contributed by atoms with Gasteiger partial charge in [0.2, 0.25) is 0 Å². The predicted molar refractivity (Wildman–Crippen MR) is 105 cm³/mol. The van der Waals surface area contributed by atoms with Crippen molar-refractivity contribution >= 4 is 23.1 Å². The number of aromatic nitrogens is 2. The van der Waals surface area contributed by atoms with Crippen LogP contribution in [-0.2, 0) is 0 Å². The van der Waals surface area contributed by atoms with Crippen LogP contribution in [0.15, 0.2) is 60.9 Å². The molecule has 0 radical (unpaired) electrons. The summed E-state index contributed by atoms with van der Waals surface area (Å²) in [7, 11) is 0. The van der Waals surface area contributed by atoms with Crippen LogP contribution < -0.4 is 10.6 Å². The van der Waals surface area contributed by atoms with Gasteiger partial charge in [0.05, 0.1) is 23.6 Å². The van der Waals surface area contributed by atoms with Gasteiger partial charge in [-0.05, 0) is 29.7 Å². The molecule has 0 fully saturated rings. The fourth-order valence-corrected chi connectivity index (χ4v) is 2.64. The van der Waals surface area contributed by atoms with Gasteiger partial charge in [-0.15, -0.1) is 0 Å². The SMILES string of the molecule is CC(C)c1ccccc1NC(=O)c1cnc(Nc2ccccc2C#N)cn1. The highest BCUT2D eigenvalue weighted by atomic mass is 16.1. The summed E-state index contributed by atoms with van der Waals surface area (Å²) in [6.07, 6.45) is 2.88. The molecule has 0 spiro atoms. The van der Waals surface area contributed by atoms with Crippen LogP contribution in [0.2, 0.25) is 0 Å². The minimum atomic E-state index is -0.320. The molecule has 0 atom stereocenters. The quantitative estimate of drug-likeness (QED) is 0.703. The number of para-hydroxylation sites is 2. The number of benzene rings is 2. The average molecular weight is 357 g/mol. The first-order chi connectivity index (χ1) is 13.1. The second-order valence-corrected chi connectivity index (χ2v) is 6.27. The van der Waals surface area contributed by atoms with E-state index in [9.17, 15) is 4.79 Å². The van der Waals surface area contributed by atoms with E-state index >= 15 is 0 Å². The van der Waals surface area contributed by atoms with Crippen molar-refractivity contribution in [3.05, 3.63) is 77.7 Å². The summed E-state index contributed by atoms with van der Waals surface area (Å²) >= 11 is 0. The lowest BCUT2D eigenvalue weighted by Gasteiger charge is -2.13. The van der Waals surface area contributed by atoms with Gasteiger partial charge < -0.3 is 10.6 Å². The fourth-order valence-electron chi connectivity index (χ4n) is 2.64. The monoisotopic (exact) mass is 357 g/mol. The highest BCUT2D eigenvalue weighted by Gasteiger charge is 2.12. The van der Waals surface area contributed by atoms with Crippen molar-refractivity contribution in [2.75, 3.05) is 10.6 Å². The lowest BCUT2D eigenvalue weighted by atomic mass is 10.0. The topological polar surface area (TPSA) is 90.7 Å². The van der Waals surface area contributed by atoms with Gasteiger partial charge in [-0.2, -0.15) is 5.26 Å². The highest BCUT2D eigenvalue weighted by Crippen LogP contribution is 2.24. The lowest BCUT2D eigenvalue weighted by Crippen LogP contribution is -2.15. The summed E-state index contributed by atoms with van der Waals surface area (Å²) in [6.45, 7) is 4.15. The van der Waals surface area contributed by atoms with Gasteiger partial charge in [-0.3, -0.25) is 4.79 Å². The van der Waals surface area contributed by atoms with E-state index in [1.54, 1.807) is 18.2 Å². The summed E-state index contributed by atoms with van der Waals surface area (Å²) < 4.78 is 0. The molecule has 0 saturated heterocycles. The zero-order valence-electron chi connectivity index (χ0n) is 15.1. The standard InChI is InChI=1S/C21H19N5O/c1-14(2)16-8-4-6-10-18(16)26-21(27)19-12-24-20(13-23-19)25-17-9-5-3-7-15(17)11-22/h3-10,12-14H,1-2H3,(H,24,25)(H,26,27). The Hall–Kier alpha value is -3.72. The number of nitriles is 1. The molecule has 2 aromatic carbocycles. The third kappa shape index (κ3) is 4.28. The first-order valence-electron chi connectivity index (χ1n) is 8.57. The van der Waals surface area contributed by atoms with Crippen molar-refractivity contribution in [2.24, 2.45) is 0 Å². The molecule has 0 unspecified atom stereocenters. The van der Waals surface area contributed by atoms with E-state index in [-0.39, 0.29) is 11.6 Å². The Kier molecular flexibility index (Phi) is 5.43. The Bertz CT molecular complexity index is 990. The van der Waals surface area contributed by atoms with E-state index in [1.165, 1.54) is 12.4 Å². The van der Waals surface area contributed by atoms with Crippen LogP contribution in [0.3, 0.4) is 0 Å². The van der Waals surface area contributed by atoms with E-state index in [0.717, 1.165) is 11.3 Å². The second-order valence-electron chi connectivity index (χ2n) is 6.27. The molecule has 27 heavy (non-hydrogen) atoms. The molecule has 6 nitrogen and oxygen atoms in total. The van der Waals surface area contributed by atoms with Crippen LogP contribution in [0, 0.1) is 11.3 Å². The van der Waals surface area contributed by atoms with Crippen molar-refractivity contribution in [1.29, 1.82) is 5.26 Å². The van der Waals surface area contributed by atoms with E-state index in [0.29, 0.717) is 23.0 Å². The van der Waals surface area contributed by atoms with Gasteiger partial charge in [0.15, 0.2) is 0 Å². The van der Waals surface area contributed by atoms with Gasteiger partial charge in [-0.1, -0.05) is 44.2 Å². The van der Waals surface area contributed by atoms with Crippen molar-refractivity contribution in [3.8, 4) is 6.07 Å². The molecule has 0 aliphatic rings. The number of carbonyl (C=O) groups excluding carboxylic acids is 1. The maximum atomic E-state index is 12.5. The Labute approximate surface area is 157 Å². The molecule has 3 aromatic rings. The van der Waals surface area contributed by atoms with Crippen molar-refractivity contribution in [3.63, 3.8) is 0 Å². The Balaban J connectivity index is 1.74. The maximum Gasteiger partial charge on any atom is 0.275 e. The van der Waals surface area contributed by atoms with Crippen molar-refractivity contribution in [2.45, 2.75) is 19.8 Å². The first-order valence-corrected chi connectivity index (χ1v) is 8.57. The zero-order valence-corrected chi connectivity index (χ0v) is 15.1. The molecule has 1 aromatic heterocycles. The van der Waals surface area contributed by atoms with Crippen LogP contribution in [-0.4, -0.2) is 15.9 Å². The van der Waals surface area contributed by atoms with Gasteiger partial charge >= 0.3 is 0 Å². The lowest BCUT2D eigenvalue weighted by molar-refractivity contribution is 0.102. The van der Waals surface area contributed by atoms with E-state index in [2.05, 4.69) is 40.5 Å². The number of amides is 1. The minimum Gasteiger partial charge on any atom is -0.338 e. The molecule has 1 heterocycles. The zero-order chi connectivity index (χ0) is 19.2. The first kappa shape index (κ1) is 18.1. The number of hydrogen-bond acceptors (Lipinski definition) is 5. The second kappa shape index (κ2) is 8.11. The van der Waals surface area contributed by atoms with Gasteiger partial charge in [-0.25, -0.2) is 9.97 Å². The summed E-state index contributed by atoms with van der Waals surface area (Å²) in [5.74, 6) is 0.427. The van der Waals surface area contributed by atoms with E-state index < -0.39 is 0 Å². The number of rotatable bonds is 5. The molecule has 0 aliphatic carbocycles. The number of hydrogen-bond donors (Lipinski definition) is 2. The normalized spacial score (nSPS) is 10.3. The summed E-state index contributed by atoms with van der Waals surface area (Å²) in [5, 5.41) is 15.1. The Morgan fingerprint density at radius 2 is 1.70 bits per heavy atom. The van der Waals surface area contributed by atoms with Crippen molar-refractivity contribution < 1.29 is 4.79 Å². The molecule has 3 rings (SSSR count). The molecular weight excluding hydrogens is 338 g/mol. The number of carbonyl (C=O) groups is 1. The van der Waals surface area contributed by atoms with Gasteiger partial charge in [0, 0.05) is 5.69 Å². The van der Waals surface area contributed by atoms with Crippen LogP contribution in [0.5, 0.6) is 0 Å². The number of nitrogens with one attached hydrogen (secondary N) is 2. The van der Waals surface area contributed by atoms with Gasteiger partial charge in [0.25, 0.3) is 5.91 Å². The summed E-state index contributed by atoms with van der Waals surface area (Å²) in [5.41, 5.74) is 3.19. The van der Waals surface area contributed by atoms with E-state index in [4.69, 9.17) is 5.26 Å². The summed E-state index contributed by atoms with van der Waals surface area (Å²) in [6, 6.07) is 16.9. The number of nitrogens with zero attached hydrogens (tertiary/aromatic N) is 3. The third-order valence-electron chi connectivity index (χ3n) is 4.03. The van der Waals surface area contributed by atoms with Crippen molar-refractivity contribution in [1.82, 2.24) is 9.97 Å². The largest absolute Gasteiger partial charge is 0.338 e. The maximum absolute atomic E-state index is 12.5. The molecule has 134 valence electrons. The van der Waals surface area contributed by atoms with Crippen LogP contribution in [0.4, 0.5) is 17.2 Å². The molecule has 0 aliphatic heterocycles. The Morgan fingerprint density at radius 1 is 1.00 bits per heavy atom. The molecule has 0 saturated carbocycles. The highest BCUT2D eigenvalue weighted by molar-refractivity contribution is 6.03. The predicted octanol–water partition coefficient (Wildman–Crippen LogP) is 4.47. The van der Waals surface area contributed by atoms with Crippen LogP contribution in [0.25, 0.3) is 0 Å². The van der Waals surface area contributed by atoms with Crippen LogP contribution in [0.1, 0.15) is 41.4 Å².